The van der Waals surface area contributed by atoms with Gasteiger partial charge in [0, 0.05) is 23.4 Å². The summed E-state index contributed by atoms with van der Waals surface area (Å²) in [5.41, 5.74) is 0. The number of nitrogens with one attached hydrogen (secondary N) is 1. The summed E-state index contributed by atoms with van der Waals surface area (Å²) in [4.78, 5) is 31.6. The first-order chi connectivity index (χ1) is 9.56. The van der Waals surface area contributed by atoms with Crippen LogP contribution in [0.15, 0.2) is 0 Å². The lowest BCUT2D eigenvalue weighted by atomic mass is 10.1. The first-order valence-electron chi connectivity index (χ1n) is 7.18. The third-order valence-corrected chi connectivity index (χ3v) is 4.63. The Balaban J connectivity index is 1.84. The number of hydrogen-bond donors (Lipinski definition) is 1. The fourth-order valence-electron chi connectivity index (χ4n) is 2.41. The van der Waals surface area contributed by atoms with Gasteiger partial charge in [-0.25, -0.2) is 4.98 Å². The molecular weight excluding hydrogens is 274 g/mol. The van der Waals surface area contributed by atoms with Crippen molar-refractivity contribution in [3.8, 4) is 0 Å². The van der Waals surface area contributed by atoms with Crippen LogP contribution >= 0.6 is 11.3 Å². The number of fused-ring (bicyclic) bond motifs is 1. The quantitative estimate of drug-likeness (QED) is 0.927. The van der Waals surface area contributed by atoms with E-state index in [0.717, 1.165) is 42.9 Å². The number of anilines is 1. The van der Waals surface area contributed by atoms with E-state index in [-0.39, 0.29) is 23.8 Å². The lowest BCUT2D eigenvalue weighted by Gasteiger charge is -2.25. The maximum atomic E-state index is 12.3. The van der Waals surface area contributed by atoms with Crippen LogP contribution in [-0.2, 0) is 11.2 Å². The van der Waals surface area contributed by atoms with Crippen LogP contribution in [0.3, 0.4) is 0 Å². The van der Waals surface area contributed by atoms with E-state index >= 15 is 0 Å². The molecule has 1 N–H and O–H groups in total. The molecule has 0 unspecified atom stereocenters. The van der Waals surface area contributed by atoms with Crippen LogP contribution in [0.4, 0.5) is 5.82 Å². The highest BCUT2D eigenvalue weighted by Gasteiger charge is 2.37. The number of aryl methyl sites for hydroxylation is 1. The van der Waals surface area contributed by atoms with Crippen LogP contribution < -0.4 is 10.2 Å². The second kappa shape index (κ2) is 5.16. The molecule has 6 heteroatoms. The Morgan fingerprint density at radius 1 is 1.40 bits per heavy atom. The van der Waals surface area contributed by atoms with E-state index < -0.39 is 0 Å². The normalized spacial score (nSPS) is 18.1. The minimum absolute atomic E-state index is 0.0904. The SMILES string of the molecule is CC(C)NC(=O)c1nc2c(s1)CCCN2C(=O)C1CC1. The molecule has 0 saturated heterocycles. The third kappa shape index (κ3) is 2.57. The molecule has 1 saturated carbocycles. The Kier molecular flexibility index (Phi) is 3.50. The first kappa shape index (κ1) is 13.5. The predicted molar refractivity (Wildman–Crippen MR) is 78.1 cm³/mol. The van der Waals surface area contributed by atoms with Crippen LogP contribution in [0.5, 0.6) is 0 Å². The molecular formula is C14H19N3O2S. The summed E-state index contributed by atoms with van der Waals surface area (Å²) in [7, 11) is 0. The lowest BCUT2D eigenvalue weighted by molar-refractivity contribution is -0.119. The van der Waals surface area contributed by atoms with E-state index in [9.17, 15) is 9.59 Å². The molecule has 2 amide bonds. The van der Waals surface area contributed by atoms with Gasteiger partial charge < -0.3 is 5.32 Å². The Bertz CT molecular complexity index is 549. The summed E-state index contributed by atoms with van der Waals surface area (Å²) in [5, 5.41) is 3.32. The average molecular weight is 293 g/mol. The first-order valence-corrected chi connectivity index (χ1v) is 8.00. The van der Waals surface area contributed by atoms with Crippen molar-refractivity contribution in [2.75, 3.05) is 11.4 Å². The molecule has 1 aromatic heterocycles. The lowest BCUT2D eigenvalue weighted by Crippen LogP contribution is -2.36. The smallest absolute Gasteiger partial charge is 0.280 e. The molecule has 0 aromatic carbocycles. The Morgan fingerprint density at radius 3 is 2.80 bits per heavy atom. The fourth-order valence-corrected chi connectivity index (χ4v) is 3.42. The monoisotopic (exact) mass is 293 g/mol. The molecule has 1 aliphatic heterocycles. The van der Waals surface area contributed by atoms with Crippen LogP contribution in [0.25, 0.3) is 0 Å². The largest absolute Gasteiger partial charge is 0.348 e. The van der Waals surface area contributed by atoms with Crippen molar-refractivity contribution in [3.05, 3.63) is 9.88 Å². The maximum Gasteiger partial charge on any atom is 0.280 e. The molecule has 2 heterocycles. The number of aromatic nitrogens is 1. The number of thiazole rings is 1. The van der Waals surface area contributed by atoms with Gasteiger partial charge in [0.2, 0.25) is 5.91 Å². The van der Waals surface area contributed by atoms with E-state index in [1.54, 1.807) is 4.90 Å². The summed E-state index contributed by atoms with van der Waals surface area (Å²) in [6.07, 6.45) is 3.86. The van der Waals surface area contributed by atoms with Gasteiger partial charge in [-0.2, -0.15) is 0 Å². The third-order valence-electron chi connectivity index (χ3n) is 3.52. The van der Waals surface area contributed by atoms with Crippen molar-refractivity contribution in [1.29, 1.82) is 0 Å². The number of amides is 2. The predicted octanol–water partition coefficient (Wildman–Crippen LogP) is 1.97. The fraction of sp³-hybridized carbons (Fsp3) is 0.643. The molecule has 1 aromatic rings. The van der Waals surface area contributed by atoms with Gasteiger partial charge in [-0.1, -0.05) is 0 Å². The standard InChI is InChI=1S/C14H19N3O2S/c1-8(2)15-12(18)13-16-11-10(20-13)4-3-7-17(11)14(19)9-5-6-9/h8-9H,3-7H2,1-2H3,(H,15,18). The van der Waals surface area contributed by atoms with Crippen LogP contribution in [0.2, 0.25) is 0 Å². The van der Waals surface area contributed by atoms with Crippen molar-refractivity contribution in [3.63, 3.8) is 0 Å². The average Bonchev–Trinajstić information content (AvgIpc) is 3.15. The van der Waals surface area contributed by atoms with Crippen LogP contribution in [-0.4, -0.2) is 29.4 Å². The van der Waals surface area contributed by atoms with Crippen molar-refractivity contribution < 1.29 is 9.59 Å². The molecule has 1 fully saturated rings. The molecule has 0 radical (unpaired) electrons. The zero-order chi connectivity index (χ0) is 14.3. The second-order valence-corrected chi connectivity index (χ2v) is 6.85. The van der Waals surface area contributed by atoms with Gasteiger partial charge in [0.05, 0.1) is 0 Å². The van der Waals surface area contributed by atoms with Crippen molar-refractivity contribution >= 4 is 29.0 Å². The van der Waals surface area contributed by atoms with Crippen molar-refractivity contribution in [2.24, 2.45) is 5.92 Å². The number of carbonyl (C=O) groups is 2. The molecule has 3 rings (SSSR count). The second-order valence-electron chi connectivity index (χ2n) is 5.76. The summed E-state index contributed by atoms with van der Waals surface area (Å²) in [5.74, 6) is 0.966. The van der Waals surface area contributed by atoms with E-state index in [0.29, 0.717) is 5.01 Å². The molecule has 0 bridgehead atoms. The van der Waals surface area contributed by atoms with Crippen LogP contribution in [0.1, 0.15) is 47.8 Å². The Hall–Kier alpha value is -1.43. The molecule has 5 nitrogen and oxygen atoms in total. The molecule has 0 atom stereocenters. The highest BCUT2D eigenvalue weighted by Crippen LogP contribution is 2.37. The zero-order valence-electron chi connectivity index (χ0n) is 11.8. The van der Waals surface area contributed by atoms with Crippen LogP contribution in [0, 0.1) is 5.92 Å². The zero-order valence-corrected chi connectivity index (χ0v) is 12.6. The van der Waals surface area contributed by atoms with Gasteiger partial charge in [0.1, 0.15) is 5.82 Å². The summed E-state index contributed by atoms with van der Waals surface area (Å²) >= 11 is 1.42. The van der Waals surface area contributed by atoms with Gasteiger partial charge in [-0.3, -0.25) is 14.5 Å². The highest BCUT2D eigenvalue weighted by atomic mass is 32.1. The van der Waals surface area contributed by atoms with Gasteiger partial charge in [0.25, 0.3) is 5.91 Å². The number of carbonyl (C=O) groups excluding carboxylic acids is 2. The number of hydrogen-bond acceptors (Lipinski definition) is 4. The molecule has 20 heavy (non-hydrogen) atoms. The molecule has 108 valence electrons. The van der Waals surface area contributed by atoms with E-state index in [4.69, 9.17) is 0 Å². The number of nitrogens with zero attached hydrogens (tertiary/aromatic N) is 2. The summed E-state index contributed by atoms with van der Waals surface area (Å²) in [6, 6.07) is 0.0904. The van der Waals surface area contributed by atoms with Gasteiger partial charge in [-0.15, -0.1) is 11.3 Å². The minimum atomic E-state index is -0.141. The van der Waals surface area contributed by atoms with Gasteiger partial charge in [0.15, 0.2) is 5.01 Å². The van der Waals surface area contributed by atoms with Gasteiger partial charge >= 0.3 is 0 Å². The Labute approximate surface area is 122 Å². The molecule has 1 aliphatic carbocycles. The van der Waals surface area contributed by atoms with E-state index in [2.05, 4.69) is 10.3 Å². The van der Waals surface area contributed by atoms with Gasteiger partial charge in [-0.05, 0) is 39.5 Å². The van der Waals surface area contributed by atoms with Crippen molar-refractivity contribution in [2.45, 2.75) is 45.6 Å². The van der Waals surface area contributed by atoms with E-state index in [1.807, 2.05) is 13.8 Å². The highest BCUT2D eigenvalue weighted by molar-refractivity contribution is 7.14. The number of rotatable bonds is 3. The van der Waals surface area contributed by atoms with E-state index in [1.165, 1.54) is 11.3 Å². The Morgan fingerprint density at radius 2 is 2.15 bits per heavy atom. The van der Waals surface area contributed by atoms with Crippen molar-refractivity contribution in [1.82, 2.24) is 10.3 Å². The maximum absolute atomic E-state index is 12.3. The minimum Gasteiger partial charge on any atom is -0.348 e. The molecule has 0 spiro atoms. The summed E-state index contributed by atoms with van der Waals surface area (Å²) < 4.78 is 0. The topological polar surface area (TPSA) is 62.3 Å². The summed E-state index contributed by atoms with van der Waals surface area (Å²) in [6.45, 7) is 4.58. The molecule has 2 aliphatic rings.